The van der Waals surface area contributed by atoms with Gasteiger partial charge in [0, 0.05) is 17.7 Å². The minimum atomic E-state index is -0.929. The number of carboxylic acid groups (broad SMARTS) is 1. The predicted octanol–water partition coefficient (Wildman–Crippen LogP) is 2.32. The molecule has 0 fully saturated rings. The number of hydrogen-bond donors (Lipinski definition) is 2. The summed E-state index contributed by atoms with van der Waals surface area (Å²) in [5, 5.41) is 27.5. The molecule has 0 aliphatic rings. The van der Waals surface area contributed by atoms with Gasteiger partial charge in [-0.15, -0.1) is 20.4 Å². The van der Waals surface area contributed by atoms with E-state index in [0.717, 1.165) is 16.7 Å². The van der Waals surface area contributed by atoms with Crippen molar-refractivity contribution in [3.8, 4) is 22.8 Å². The predicted molar refractivity (Wildman–Crippen MR) is 110 cm³/mol. The molecule has 1 heterocycles. The lowest BCUT2D eigenvalue weighted by atomic mass is 10.1. The molecule has 1 aromatic heterocycles. The Hall–Kier alpha value is -3.92. The maximum atomic E-state index is 11.7. The van der Waals surface area contributed by atoms with E-state index in [1.807, 2.05) is 30.3 Å². The van der Waals surface area contributed by atoms with E-state index in [0.29, 0.717) is 11.6 Å². The molecule has 10 nitrogen and oxygen atoms in total. The van der Waals surface area contributed by atoms with Crippen LogP contribution in [0.15, 0.2) is 54.6 Å². The SMILES string of the molecule is O=C(O)CCOCCNC(=O)OCc1ccc(-c2nnc(-c3ccccc3)nn2)cc1. The van der Waals surface area contributed by atoms with Crippen LogP contribution in [0, 0.1) is 0 Å². The van der Waals surface area contributed by atoms with Gasteiger partial charge in [-0.25, -0.2) is 4.79 Å². The summed E-state index contributed by atoms with van der Waals surface area (Å²) in [6.07, 6.45) is -0.659. The average molecular weight is 423 g/mol. The van der Waals surface area contributed by atoms with Crippen LogP contribution < -0.4 is 5.32 Å². The van der Waals surface area contributed by atoms with Gasteiger partial charge in [0.1, 0.15) is 6.61 Å². The smallest absolute Gasteiger partial charge is 0.407 e. The number of alkyl carbamates (subject to hydrolysis) is 1. The fourth-order valence-electron chi connectivity index (χ4n) is 2.48. The quantitative estimate of drug-likeness (QED) is 0.471. The number of amides is 1. The van der Waals surface area contributed by atoms with Crippen molar-refractivity contribution in [2.75, 3.05) is 19.8 Å². The van der Waals surface area contributed by atoms with Crippen LogP contribution in [0.1, 0.15) is 12.0 Å². The third kappa shape index (κ3) is 7.12. The minimum absolute atomic E-state index is 0.0746. The number of rotatable bonds is 10. The molecule has 0 unspecified atom stereocenters. The number of carbonyl (C=O) groups excluding carboxylic acids is 1. The monoisotopic (exact) mass is 423 g/mol. The van der Waals surface area contributed by atoms with Crippen LogP contribution in [-0.2, 0) is 20.9 Å². The largest absolute Gasteiger partial charge is 0.481 e. The molecular formula is C21H21N5O5. The highest BCUT2D eigenvalue weighted by molar-refractivity contribution is 5.67. The van der Waals surface area contributed by atoms with Gasteiger partial charge in [-0.2, -0.15) is 0 Å². The fourth-order valence-corrected chi connectivity index (χ4v) is 2.48. The molecule has 2 aromatic carbocycles. The number of nitrogens with zero attached hydrogens (tertiary/aromatic N) is 4. The Morgan fingerprint density at radius 2 is 1.45 bits per heavy atom. The van der Waals surface area contributed by atoms with Gasteiger partial charge in [0.25, 0.3) is 0 Å². The zero-order valence-electron chi connectivity index (χ0n) is 16.6. The Morgan fingerprint density at radius 1 is 0.839 bits per heavy atom. The van der Waals surface area contributed by atoms with E-state index in [1.165, 1.54) is 0 Å². The summed E-state index contributed by atoms with van der Waals surface area (Å²) in [7, 11) is 0. The van der Waals surface area contributed by atoms with Crippen LogP contribution in [0.25, 0.3) is 22.8 Å². The van der Waals surface area contributed by atoms with E-state index < -0.39 is 12.1 Å². The molecule has 3 aromatic rings. The number of ether oxygens (including phenoxy) is 2. The Labute approximate surface area is 178 Å². The zero-order chi connectivity index (χ0) is 21.9. The lowest BCUT2D eigenvalue weighted by Crippen LogP contribution is -2.28. The standard InChI is InChI=1S/C21H21N5O5/c27-18(28)10-12-30-13-11-22-21(29)31-14-15-6-8-17(9-7-15)20-25-23-19(24-26-20)16-4-2-1-3-5-16/h1-9H,10-14H2,(H,22,29)(H,27,28). The van der Waals surface area contributed by atoms with Crippen LogP contribution in [0.4, 0.5) is 4.79 Å². The van der Waals surface area contributed by atoms with E-state index in [1.54, 1.807) is 24.3 Å². The highest BCUT2D eigenvalue weighted by Crippen LogP contribution is 2.17. The summed E-state index contributed by atoms with van der Waals surface area (Å²) in [5.41, 5.74) is 2.37. The fraction of sp³-hybridized carbons (Fsp3) is 0.238. The Balaban J connectivity index is 1.43. The topological polar surface area (TPSA) is 136 Å². The number of carboxylic acids is 1. The van der Waals surface area contributed by atoms with Gasteiger partial charge in [0.15, 0.2) is 0 Å². The Kier molecular flexibility index (Phi) is 7.95. The van der Waals surface area contributed by atoms with Crippen LogP contribution in [0.3, 0.4) is 0 Å². The van der Waals surface area contributed by atoms with Crippen LogP contribution in [0.2, 0.25) is 0 Å². The Morgan fingerprint density at radius 3 is 2.06 bits per heavy atom. The normalized spacial score (nSPS) is 10.5. The van der Waals surface area contributed by atoms with Gasteiger partial charge < -0.3 is 19.9 Å². The summed E-state index contributed by atoms with van der Waals surface area (Å²) in [6.45, 7) is 0.633. The average Bonchev–Trinajstić information content (AvgIpc) is 2.81. The lowest BCUT2D eigenvalue weighted by Gasteiger charge is -2.08. The van der Waals surface area contributed by atoms with E-state index in [2.05, 4.69) is 25.7 Å². The number of carbonyl (C=O) groups is 2. The molecule has 0 aliphatic heterocycles. The highest BCUT2D eigenvalue weighted by atomic mass is 16.5. The van der Waals surface area contributed by atoms with Gasteiger partial charge in [-0.05, 0) is 5.56 Å². The molecule has 0 saturated carbocycles. The molecule has 0 atom stereocenters. The molecule has 3 rings (SSSR count). The first kappa shape index (κ1) is 21.8. The van der Waals surface area contributed by atoms with Crippen molar-refractivity contribution < 1.29 is 24.2 Å². The van der Waals surface area contributed by atoms with Crippen molar-refractivity contribution in [1.29, 1.82) is 0 Å². The molecular weight excluding hydrogens is 402 g/mol. The minimum Gasteiger partial charge on any atom is -0.481 e. The van der Waals surface area contributed by atoms with Gasteiger partial charge in [-0.1, -0.05) is 54.6 Å². The second-order valence-corrected chi connectivity index (χ2v) is 6.37. The van der Waals surface area contributed by atoms with Crippen LogP contribution >= 0.6 is 0 Å². The maximum absolute atomic E-state index is 11.7. The summed E-state index contributed by atoms with van der Waals surface area (Å²) in [6, 6.07) is 16.7. The third-order valence-corrected chi connectivity index (χ3v) is 4.07. The molecule has 0 bridgehead atoms. The first-order chi connectivity index (χ1) is 15.1. The molecule has 0 radical (unpaired) electrons. The van der Waals surface area contributed by atoms with Gasteiger partial charge in [-0.3, -0.25) is 4.79 Å². The molecule has 31 heavy (non-hydrogen) atoms. The van der Waals surface area contributed by atoms with Crippen LogP contribution in [-0.4, -0.2) is 57.3 Å². The van der Waals surface area contributed by atoms with Gasteiger partial charge >= 0.3 is 12.1 Å². The van der Waals surface area contributed by atoms with Crippen LogP contribution in [0.5, 0.6) is 0 Å². The van der Waals surface area contributed by atoms with Crippen molar-refractivity contribution in [3.63, 3.8) is 0 Å². The molecule has 2 N–H and O–H groups in total. The van der Waals surface area contributed by atoms with E-state index in [4.69, 9.17) is 14.6 Å². The van der Waals surface area contributed by atoms with Crippen molar-refractivity contribution in [3.05, 3.63) is 60.2 Å². The summed E-state index contributed by atoms with van der Waals surface area (Å²) < 4.78 is 10.2. The lowest BCUT2D eigenvalue weighted by molar-refractivity contribution is -0.138. The first-order valence-electron chi connectivity index (χ1n) is 9.54. The molecule has 0 saturated heterocycles. The van der Waals surface area contributed by atoms with Crippen molar-refractivity contribution >= 4 is 12.1 Å². The zero-order valence-corrected chi connectivity index (χ0v) is 16.6. The second-order valence-electron chi connectivity index (χ2n) is 6.37. The summed E-state index contributed by atoms with van der Waals surface area (Å²) in [5.74, 6) is -0.0814. The molecule has 1 amide bonds. The number of nitrogens with one attached hydrogen (secondary N) is 1. The van der Waals surface area contributed by atoms with Crippen molar-refractivity contribution in [2.45, 2.75) is 13.0 Å². The molecule has 160 valence electrons. The number of aliphatic carboxylic acids is 1. The van der Waals surface area contributed by atoms with E-state index in [-0.39, 0.29) is 32.8 Å². The summed E-state index contributed by atoms with van der Waals surface area (Å²) >= 11 is 0. The number of benzene rings is 2. The van der Waals surface area contributed by atoms with Crippen molar-refractivity contribution in [2.24, 2.45) is 0 Å². The second kappa shape index (κ2) is 11.3. The van der Waals surface area contributed by atoms with Crippen molar-refractivity contribution in [1.82, 2.24) is 25.7 Å². The third-order valence-electron chi connectivity index (χ3n) is 4.07. The van der Waals surface area contributed by atoms with Gasteiger partial charge in [0.2, 0.25) is 11.6 Å². The molecule has 0 spiro atoms. The Bertz CT molecular complexity index is 981. The number of aromatic nitrogens is 4. The number of hydrogen-bond acceptors (Lipinski definition) is 8. The molecule has 10 heteroatoms. The molecule has 0 aliphatic carbocycles. The highest BCUT2D eigenvalue weighted by Gasteiger charge is 2.07. The first-order valence-corrected chi connectivity index (χ1v) is 9.54. The maximum Gasteiger partial charge on any atom is 0.407 e. The van der Waals surface area contributed by atoms with Gasteiger partial charge in [0.05, 0.1) is 19.6 Å². The van der Waals surface area contributed by atoms with E-state index in [9.17, 15) is 9.59 Å². The summed E-state index contributed by atoms with van der Waals surface area (Å²) in [4.78, 5) is 22.0. The van der Waals surface area contributed by atoms with E-state index >= 15 is 0 Å².